The van der Waals surface area contributed by atoms with Gasteiger partial charge in [0.15, 0.2) is 0 Å². The Kier molecular flexibility index (Phi) is 3.28. The number of aromatic nitrogens is 4. The van der Waals surface area contributed by atoms with Crippen LogP contribution in [-0.2, 0) is 13.6 Å². The van der Waals surface area contributed by atoms with E-state index in [1.807, 2.05) is 42.1 Å². The van der Waals surface area contributed by atoms with Crippen LogP contribution in [0.25, 0.3) is 5.69 Å². The van der Waals surface area contributed by atoms with Crippen molar-refractivity contribution in [3.8, 4) is 5.69 Å². The quantitative estimate of drug-likeness (QED) is 0.869. The Morgan fingerprint density at radius 3 is 2.76 bits per heavy atom. The Bertz CT molecular complexity index is 495. The summed E-state index contributed by atoms with van der Waals surface area (Å²) in [5.41, 5.74) is 3.24. The Hall–Kier alpha value is -1.62. The third-order valence-electron chi connectivity index (χ3n) is 2.66. The molecule has 0 unspecified atom stereocenters. The van der Waals surface area contributed by atoms with Gasteiger partial charge in [0.2, 0.25) is 0 Å². The maximum absolute atomic E-state index is 4.49. The van der Waals surface area contributed by atoms with Gasteiger partial charge in [-0.1, -0.05) is 13.8 Å². The van der Waals surface area contributed by atoms with Crippen LogP contribution in [0.5, 0.6) is 0 Å². The number of imidazole rings is 1. The Morgan fingerprint density at radius 1 is 1.35 bits per heavy atom. The summed E-state index contributed by atoms with van der Waals surface area (Å²) in [7, 11) is 3.86. The van der Waals surface area contributed by atoms with E-state index in [0.717, 1.165) is 23.6 Å². The zero-order valence-corrected chi connectivity index (χ0v) is 10.8. The van der Waals surface area contributed by atoms with Gasteiger partial charge in [-0.15, -0.1) is 0 Å². The van der Waals surface area contributed by atoms with Gasteiger partial charge in [0.05, 0.1) is 23.4 Å². The molecule has 0 atom stereocenters. The monoisotopic (exact) mass is 233 g/mol. The van der Waals surface area contributed by atoms with Crippen molar-refractivity contribution in [2.45, 2.75) is 26.3 Å². The minimum atomic E-state index is 0.404. The van der Waals surface area contributed by atoms with Gasteiger partial charge in [-0.05, 0) is 13.0 Å². The minimum Gasteiger partial charge on any atom is -0.314 e. The van der Waals surface area contributed by atoms with Crippen molar-refractivity contribution in [1.82, 2.24) is 24.6 Å². The number of nitrogens with one attached hydrogen (secondary N) is 1. The SMILES string of the molecule is CNCc1cn(-c2cn(C)nc2C(C)C)cn1. The maximum Gasteiger partial charge on any atom is 0.0996 e. The molecule has 92 valence electrons. The fourth-order valence-electron chi connectivity index (χ4n) is 1.87. The van der Waals surface area contributed by atoms with Crippen LogP contribution >= 0.6 is 0 Å². The second-order valence-electron chi connectivity index (χ2n) is 4.53. The molecule has 0 bridgehead atoms. The molecule has 2 aromatic rings. The van der Waals surface area contributed by atoms with Crippen molar-refractivity contribution in [2.24, 2.45) is 7.05 Å². The highest BCUT2D eigenvalue weighted by Gasteiger charge is 2.13. The van der Waals surface area contributed by atoms with Gasteiger partial charge >= 0.3 is 0 Å². The number of nitrogens with zero attached hydrogens (tertiary/aromatic N) is 4. The number of aryl methyl sites for hydroxylation is 1. The molecule has 0 saturated carbocycles. The van der Waals surface area contributed by atoms with Crippen LogP contribution in [0.2, 0.25) is 0 Å². The molecule has 0 fully saturated rings. The minimum absolute atomic E-state index is 0.404. The third-order valence-corrected chi connectivity index (χ3v) is 2.66. The van der Waals surface area contributed by atoms with E-state index in [9.17, 15) is 0 Å². The van der Waals surface area contributed by atoms with Crippen LogP contribution in [0.1, 0.15) is 31.2 Å². The normalized spacial score (nSPS) is 11.4. The highest BCUT2D eigenvalue weighted by Crippen LogP contribution is 2.21. The smallest absolute Gasteiger partial charge is 0.0996 e. The van der Waals surface area contributed by atoms with Crippen LogP contribution in [0.15, 0.2) is 18.7 Å². The first-order chi connectivity index (χ1) is 8.11. The fraction of sp³-hybridized carbons (Fsp3) is 0.500. The van der Waals surface area contributed by atoms with Crippen LogP contribution in [0.4, 0.5) is 0 Å². The fourth-order valence-corrected chi connectivity index (χ4v) is 1.87. The number of hydrogen-bond acceptors (Lipinski definition) is 3. The van der Waals surface area contributed by atoms with E-state index in [-0.39, 0.29) is 0 Å². The molecule has 0 aliphatic carbocycles. The van der Waals surface area contributed by atoms with Crippen LogP contribution < -0.4 is 5.32 Å². The van der Waals surface area contributed by atoms with Gasteiger partial charge < -0.3 is 9.88 Å². The van der Waals surface area contributed by atoms with Crippen LogP contribution in [0, 0.1) is 0 Å². The first-order valence-electron chi connectivity index (χ1n) is 5.83. The molecule has 5 nitrogen and oxygen atoms in total. The maximum atomic E-state index is 4.49. The van der Waals surface area contributed by atoms with E-state index in [0.29, 0.717) is 5.92 Å². The molecular weight excluding hydrogens is 214 g/mol. The molecule has 2 aromatic heterocycles. The van der Waals surface area contributed by atoms with E-state index < -0.39 is 0 Å². The van der Waals surface area contributed by atoms with Crippen molar-refractivity contribution in [3.63, 3.8) is 0 Å². The summed E-state index contributed by atoms with van der Waals surface area (Å²) < 4.78 is 3.89. The standard InChI is InChI=1S/C12H19N5/c1-9(2)12-11(7-16(4)15-12)17-6-10(5-13-3)14-8-17/h6-9,13H,5H2,1-4H3. The Morgan fingerprint density at radius 2 is 2.12 bits per heavy atom. The summed E-state index contributed by atoms with van der Waals surface area (Å²) in [6.07, 6.45) is 5.91. The summed E-state index contributed by atoms with van der Waals surface area (Å²) in [4.78, 5) is 4.36. The van der Waals surface area contributed by atoms with E-state index in [4.69, 9.17) is 0 Å². The number of rotatable bonds is 4. The third kappa shape index (κ3) is 2.39. The van der Waals surface area contributed by atoms with Gasteiger partial charge in [0.25, 0.3) is 0 Å². The molecule has 0 saturated heterocycles. The molecule has 1 N–H and O–H groups in total. The molecule has 2 rings (SSSR count). The summed E-state index contributed by atoms with van der Waals surface area (Å²) in [5, 5.41) is 7.59. The second-order valence-corrected chi connectivity index (χ2v) is 4.53. The molecule has 0 aromatic carbocycles. The van der Waals surface area contributed by atoms with E-state index in [2.05, 4.69) is 29.2 Å². The van der Waals surface area contributed by atoms with Crippen molar-refractivity contribution < 1.29 is 0 Å². The summed E-state index contributed by atoms with van der Waals surface area (Å²) in [6, 6.07) is 0. The second kappa shape index (κ2) is 4.71. The molecule has 0 amide bonds. The summed E-state index contributed by atoms with van der Waals surface area (Å²) in [5.74, 6) is 0.404. The average Bonchev–Trinajstić information content (AvgIpc) is 2.85. The van der Waals surface area contributed by atoms with Crippen molar-refractivity contribution in [1.29, 1.82) is 0 Å². The van der Waals surface area contributed by atoms with Crippen LogP contribution in [0.3, 0.4) is 0 Å². The molecule has 5 heteroatoms. The highest BCUT2D eigenvalue weighted by atomic mass is 15.3. The van der Waals surface area contributed by atoms with E-state index in [1.165, 1.54) is 0 Å². The first kappa shape index (κ1) is 11.9. The topological polar surface area (TPSA) is 47.7 Å². The molecule has 0 radical (unpaired) electrons. The lowest BCUT2D eigenvalue weighted by Gasteiger charge is -2.04. The first-order valence-corrected chi connectivity index (χ1v) is 5.83. The van der Waals surface area contributed by atoms with Gasteiger partial charge in [0.1, 0.15) is 0 Å². The average molecular weight is 233 g/mol. The highest BCUT2D eigenvalue weighted by molar-refractivity contribution is 5.37. The largest absolute Gasteiger partial charge is 0.314 e. The zero-order chi connectivity index (χ0) is 12.4. The zero-order valence-electron chi connectivity index (χ0n) is 10.8. The lowest BCUT2D eigenvalue weighted by Crippen LogP contribution is -2.05. The lowest BCUT2D eigenvalue weighted by atomic mass is 10.1. The van der Waals surface area contributed by atoms with Gasteiger partial charge in [-0.2, -0.15) is 5.10 Å². The lowest BCUT2D eigenvalue weighted by molar-refractivity contribution is 0.712. The van der Waals surface area contributed by atoms with Gasteiger partial charge in [-0.3, -0.25) is 4.68 Å². The van der Waals surface area contributed by atoms with E-state index >= 15 is 0 Å². The van der Waals surface area contributed by atoms with Crippen molar-refractivity contribution in [3.05, 3.63) is 30.1 Å². The predicted molar refractivity (Wildman–Crippen MR) is 67.2 cm³/mol. The Labute approximate surface area is 101 Å². The summed E-state index contributed by atoms with van der Waals surface area (Å²) >= 11 is 0. The molecule has 0 aliphatic heterocycles. The van der Waals surface area contributed by atoms with Gasteiger partial charge in [0, 0.05) is 26.0 Å². The number of hydrogen-bond donors (Lipinski definition) is 1. The molecule has 0 spiro atoms. The summed E-state index contributed by atoms with van der Waals surface area (Å²) in [6.45, 7) is 5.08. The molecular formula is C12H19N5. The molecule has 17 heavy (non-hydrogen) atoms. The Balaban J connectivity index is 2.37. The van der Waals surface area contributed by atoms with Crippen LogP contribution in [-0.4, -0.2) is 26.4 Å². The molecule has 0 aliphatic rings. The molecule has 2 heterocycles. The predicted octanol–water partition coefficient (Wildman–Crippen LogP) is 1.45. The van der Waals surface area contributed by atoms with Crippen molar-refractivity contribution in [2.75, 3.05) is 7.05 Å². The van der Waals surface area contributed by atoms with Crippen molar-refractivity contribution >= 4 is 0 Å². The van der Waals surface area contributed by atoms with Gasteiger partial charge in [-0.25, -0.2) is 4.98 Å². The van der Waals surface area contributed by atoms with E-state index in [1.54, 1.807) is 0 Å².